The lowest BCUT2D eigenvalue weighted by molar-refractivity contribution is -0.143. The molecule has 0 aromatic rings. The van der Waals surface area contributed by atoms with Gasteiger partial charge in [0.25, 0.3) is 0 Å². The summed E-state index contributed by atoms with van der Waals surface area (Å²) in [5.74, 6) is 0.00939. The second-order valence-electron chi connectivity index (χ2n) is 4.97. The van der Waals surface area contributed by atoms with Gasteiger partial charge in [0, 0.05) is 19.5 Å². The number of carbonyl (C=O) groups excluding carboxylic acids is 2. The Balaban J connectivity index is 2.14. The van der Waals surface area contributed by atoms with E-state index in [1.165, 1.54) is 6.42 Å². The molecule has 0 spiro atoms. The third kappa shape index (κ3) is 6.05. The van der Waals surface area contributed by atoms with Crippen LogP contribution in [0.25, 0.3) is 0 Å². The lowest BCUT2D eigenvalue weighted by Gasteiger charge is -2.29. The minimum Gasteiger partial charge on any atom is -0.466 e. The molecule has 19 heavy (non-hydrogen) atoms. The number of hydrogen-bond acceptors (Lipinski definition) is 4. The fraction of sp³-hybridized carbons (Fsp3) is 0.857. The Morgan fingerprint density at radius 1 is 1.26 bits per heavy atom. The molecule has 5 heteroatoms. The average Bonchev–Trinajstić information content (AvgIpc) is 2.44. The number of hydrogen-bond donors (Lipinski definition) is 1. The fourth-order valence-electron chi connectivity index (χ4n) is 2.26. The number of rotatable bonds is 7. The van der Waals surface area contributed by atoms with Crippen molar-refractivity contribution in [3.63, 3.8) is 0 Å². The fourth-order valence-corrected chi connectivity index (χ4v) is 2.26. The van der Waals surface area contributed by atoms with Crippen molar-refractivity contribution < 1.29 is 14.3 Å². The summed E-state index contributed by atoms with van der Waals surface area (Å²) >= 11 is 0. The maximum absolute atomic E-state index is 12.1. The highest BCUT2D eigenvalue weighted by atomic mass is 16.5. The summed E-state index contributed by atoms with van der Waals surface area (Å²) in [6.07, 6.45) is 4.57. The molecule has 1 fully saturated rings. The van der Waals surface area contributed by atoms with Crippen LogP contribution in [0.1, 0.15) is 46.0 Å². The lowest BCUT2D eigenvalue weighted by Crippen LogP contribution is -2.47. The Labute approximate surface area is 115 Å². The zero-order valence-electron chi connectivity index (χ0n) is 12.1. The van der Waals surface area contributed by atoms with Crippen molar-refractivity contribution in [3.8, 4) is 0 Å². The molecule has 1 aliphatic rings. The van der Waals surface area contributed by atoms with Crippen molar-refractivity contribution in [1.82, 2.24) is 10.2 Å². The van der Waals surface area contributed by atoms with Crippen LogP contribution in [0.5, 0.6) is 0 Å². The molecule has 0 radical (unpaired) electrons. The van der Waals surface area contributed by atoms with Crippen LogP contribution in [0.3, 0.4) is 0 Å². The summed E-state index contributed by atoms with van der Waals surface area (Å²) in [4.78, 5) is 25.2. The summed E-state index contributed by atoms with van der Waals surface area (Å²) in [6, 6.07) is -0.166. The van der Waals surface area contributed by atoms with E-state index in [0.717, 1.165) is 25.9 Å². The van der Waals surface area contributed by atoms with E-state index in [-0.39, 0.29) is 17.9 Å². The predicted octanol–water partition coefficient (Wildman–Crippen LogP) is 1.32. The second kappa shape index (κ2) is 8.91. The summed E-state index contributed by atoms with van der Waals surface area (Å²) in [7, 11) is 0. The van der Waals surface area contributed by atoms with Crippen molar-refractivity contribution in [3.05, 3.63) is 0 Å². The standard InChI is InChI=1S/C14H26N2O3/c1-3-19-13(17)8-7-9-15-12(2)14(18)16-10-5-4-6-11-16/h12,15H,3-11H2,1-2H3/t12-/m0/s1. The van der Waals surface area contributed by atoms with Gasteiger partial charge < -0.3 is 15.0 Å². The van der Waals surface area contributed by atoms with Crippen LogP contribution in [0.4, 0.5) is 0 Å². The van der Waals surface area contributed by atoms with Gasteiger partial charge in [0.1, 0.15) is 0 Å². The van der Waals surface area contributed by atoms with Crippen molar-refractivity contribution in [1.29, 1.82) is 0 Å². The summed E-state index contributed by atoms with van der Waals surface area (Å²) in [5, 5.41) is 3.18. The molecule has 1 aliphatic heterocycles. The van der Waals surface area contributed by atoms with E-state index in [1.807, 2.05) is 11.8 Å². The minimum atomic E-state index is -0.167. The molecule has 1 saturated heterocycles. The van der Waals surface area contributed by atoms with Gasteiger partial charge in [-0.2, -0.15) is 0 Å². The molecule has 0 aromatic carbocycles. The molecule has 1 rings (SSSR count). The molecule has 1 heterocycles. The molecule has 0 saturated carbocycles. The van der Waals surface area contributed by atoms with Gasteiger partial charge in [-0.1, -0.05) is 0 Å². The van der Waals surface area contributed by atoms with Crippen LogP contribution >= 0.6 is 0 Å². The molecular formula is C14H26N2O3. The predicted molar refractivity (Wildman–Crippen MR) is 73.8 cm³/mol. The largest absolute Gasteiger partial charge is 0.466 e. The first-order chi connectivity index (χ1) is 9.15. The monoisotopic (exact) mass is 270 g/mol. The van der Waals surface area contributed by atoms with Crippen LogP contribution in [0.2, 0.25) is 0 Å². The van der Waals surface area contributed by atoms with Crippen LogP contribution in [0.15, 0.2) is 0 Å². The summed E-state index contributed by atoms with van der Waals surface area (Å²) < 4.78 is 4.85. The number of likely N-dealkylation sites (tertiary alicyclic amines) is 1. The quantitative estimate of drug-likeness (QED) is 0.560. The van der Waals surface area contributed by atoms with Gasteiger partial charge in [-0.15, -0.1) is 0 Å². The number of esters is 1. The van der Waals surface area contributed by atoms with E-state index < -0.39 is 0 Å². The highest BCUT2D eigenvalue weighted by Crippen LogP contribution is 2.09. The first-order valence-corrected chi connectivity index (χ1v) is 7.33. The number of ether oxygens (including phenoxy) is 1. The van der Waals surface area contributed by atoms with Gasteiger partial charge in [-0.3, -0.25) is 9.59 Å². The molecule has 1 amide bonds. The number of piperidine rings is 1. The summed E-state index contributed by atoms with van der Waals surface area (Å²) in [6.45, 7) is 6.55. The lowest BCUT2D eigenvalue weighted by atomic mass is 10.1. The molecule has 1 atom stereocenters. The third-order valence-corrected chi connectivity index (χ3v) is 3.35. The van der Waals surface area contributed by atoms with E-state index >= 15 is 0 Å². The van der Waals surface area contributed by atoms with E-state index in [4.69, 9.17) is 4.74 Å². The van der Waals surface area contributed by atoms with E-state index in [1.54, 1.807) is 6.92 Å². The van der Waals surface area contributed by atoms with Crippen LogP contribution in [-0.4, -0.2) is 49.1 Å². The number of carbonyl (C=O) groups is 2. The molecule has 1 N–H and O–H groups in total. The Hall–Kier alpha value is -1.10. The summed E-state index contributed by atoms with van der Waals surface area (Å²) in [5.41, 5.74) is 0. The van der Waals surface area contributed by atoms with Crippen LogP contribution < -0.4 is 5.32 Å². The normalized spacial score (nSPS) is 17.1. The van der Waals surface area contributed by atoms with E-state index in [0.29, 0.717) is 26.0 Å². The zero-order chi connectivity index (χ0) is 14.1. The molecule has 0 aliphatic carbocycles. The first-order valence-electron chi connectivity index (χ1n) is 7.33. The zero-order valence-corrected chi connectivity index (χ0v) is 12.1. The van der Waals surface area contributed by atoms with Gasteiger partial charge in [-0.05, 0) is 46.1 Å². The maximum atomic E-state index is 12.1. The Bertz CT molecular complexity index is 288. The van der Waals surface area contributed by atoms with Gasteiger partial charge >= 0.3 is 5.97 Å². The Morgan fingerprint density at radius 3 is 2.58 bits per heavy atom. The second-order valence-corrected chi connectivity index (χ2v) is 4.97. The van der Waals surface area contributed by atoms with Crippen molar-refractivity contribution in [2.75, 3.05) is 26.2 Å². The van der Waals surface area contributed by atoms with E-state index in [2.05, 4.69) is 5.32 Å². The molecule has 110 valence electrons. The smallest absolute Gasteiger partial charge is 0.305 e. The number of nitrogens with one attached hydrogen (secondary N) is 1. The molecule has 5 nitrogen and oxygen atoms in total. The average molecular weight is 270 g/mol. The van der Waals surface area contributed by atoms with Crippen molar-refractivity contribution in [2.24, 2.45) is 0 Å². The maximum Gasteiger partial charge on any atom is 0.305 e. The van der Waals surface area contributed by atoms with Crippen LogP contribution in [-0.2, 0) is 14.3 Å². The highest BCUT2D eigenvalue weighted by Gasteiger charge is 2.21. The Kier molecular flexibility index (Phi) is 7.48. The molecule has 0 unspecified atom stereocenters. The SMILES string of the molecule is CCOC(=O)CCCN[C@@H](C)C(=O)N1CCCCC1. The first kappa shape index (κ1) is 16.0. The van der Waals surface area contributed by atoms with Crippen molar-refractivity contribution >= 4 is 11.9 Å². The van der Waals surface area contributed by atoms with Gasteiger partial charge in [0.2, 0.25) is 5.91 Å². The molecule has 0 bridgehead atoms. The van der Waals surface area contributed by atoms with Gasteiger partial charge in [0.15, 0.2) is 0 Å². The topological polar surface area (TPSA) is 58.6 Å². The molecular weight excluding hydrogens is 244 g/mol. The number of nitrogens with zero attached hydrogens (tertiary/aromatic N) is 1. The molecule has 0 aromatic heterocycles. The number of amides is 1. The highest BCUT2D eigenvalue weighted by molar-refractivity contribution is 5.81. The van der Waals surface area contributed by atoms with Crippen molar-refractivity contribution in [2.45, 2.75) is 52.0 Å². The van der Waals surface area contributed by atoms with Gasteiger partial charge in [0.05, 0.1) is 12.6 Å². The van der Waals surface area contributed by atoms with Gasteiger partial charge in [-0.25, -0.2) is 0 Å². The third-order valence-electron chi connectivity index (χ3n) is 3.35. The Morgan fingerprint density at radius 2 is 1.95 bits per heavy atom. The minimum absolute atomic E-state index is 0.166. The van der Waals surface area contributed by atoms with E-state index in [9.17, 15) is 9.59 Å². The van der Waals surface area contributed by atoms with Crippen LogP contribution in [0, 0.1) is 0 Å².